The molecule has 1 saturated carbocycles. The maximum absolute atomic E-state index is 12.1. The van der Waals surface area contributed by atoms with Crippen LogP contribution in [0.15, 0.2) is 24.3 Å². The van der Waals surface area contributed by atoms with Gasteiger partial charge in [0, 0.05) is 18.8 Å². The number of hydrogen-bond donors (Lipinski definition) is 3. The van der Waals surface area contributed by atoms with Crippen molar-refractivity contribution in [1.82, 2.24) is 4.72 Å². The van der Waals surface area contributed by atoms with Gasteiger partial charge in [0.25, 0.3) is 0 Å². The first-order chi connectivity index (χ1) is 9.52. The molecule has 1 fully saturated rings. The van der Waals surface area contributed by atoms with E-state index in [0.717, 1.165) is 19.3 Å². The molecule has 0 bridgehead atoms. The largest absolute Gasteiger partial charge is 0.398 e. The van der Waals surface area contributed by atoms with Crippen LogP contribution in [0.5, 0.6) is 0 Å². The van der Waals surface area contributed by atoms with Crippen molar-refractivity contribution in [2.45, 2.75) is 25.0 Å². The van der Waals surface area contributed by atoms with Crippen LogP contribution in [0.1, 0.15) is 24.8 Å². The number of sulfonamides is 1. The summed E-state index contributed by atoms with van der Waals surface area (Å²) in [5, 5.41) is 9.24. The predicted octanol–water partition coefficient (Wildman–Crippen LogP) is 1.10. The van der Waals surface area contributed by atoms with Crippen LogP contribution in [0, 0.1) is 11.8 Å². The van der Waals surface area contributed by atoms with Crippen molar-refractivity contribution in [1.29, 1.82) is 0 Å². The lowest BCUT2D eigenvalue weighted by Gasteiger charge is -2.18. The van der Waals surface area contributed by atoms with Gasteiger partial charge < -0.3 is 10.8 Å². The Morgan fingerprint density at radius 1 is 1.25 bits per heavy atom. The monoisotopic (exact) mass is 298 g/mol. The number of benzene rings is 1. The second-order valence-electron chi connectivity index (χ2n) is 5.44. The zero-order chi connectivity index (χ0) is 14.6. The molecule has 2 atom stereocenters. The Bertz CT molecular complexity index is 545. The summed E-state index contributed by atoms with van der Waals surface area (Å²) < 4.78 is 26.8. The van der Waals surface area contributed by atoms with Gasteiger partial charge in [0.15, 0.2) is 0 Å². The molecular weight excluding hydrogens is 276 g/mol. The Hall–Kier alpha value is -1.11. The first-order valence-corrected chi connectivity index (χ1v) is 8.58. The molecular formula is C14H22N2O3S. The molecule has 2 unspecified atom stereocenters. The van der Waals surface area contributed by atoms with E-state index in [4.69, 9.17) is 5.73 Å². The van der Waals surface area contributed by atoms with E-state index in [9.17, 15) is 13.5 Å². The quantitative estimate of drug-likeness (QED) is 0.686. The maximum atomic E-state index is 12.1. The molecule has 1 aromatic carbocycles. The van der Waals surface area contributed by atoms with Crippen molar-refractivity contribution < 1.29 is 13.5 Å². The molecule has 1 aliphatic carbocycles. The summed E-state index contributed by atoms with van der Waals surface area (Å²) in [6.07, 6.45) is 3.01. The van der Waals surface area contributed by atoms with Crippen molar-refractivity contribution in [2.75, 3.05) is 18.9 Å². The van der Waals surface area contributed by atoms with E-state index in [0.29, 0.717) is 17.8 Å². The SMILES string of the molecule is Nc1ccccc1CS(=O)(=O)NCC1CCCC1CO. The summed E-state index contributed by atoms with van der Waals surface area (Å²) in [6.45, 7) is 0.540. The summed E-state index contributed by atoms with van der Waals surface area (Å²) in [5.41, 5.74) is 6.87. The lowest BCUT2D eigenvalue weighted by atomic mass is 9.97. The number of para-hydroxylation sites is 1. The molecule has 0 saturated heterocycles. The minimum atomic E-state index is -3.39. The maximum Gasteiger partial charge on any atom is 0.215 e. The molecule has 0 aliphatic heterocycles. The molecule has 0 amide bonds. The molecule has 0 radical (unpaired) electrons. The van der Waals surface area contributed by atoms with Crippen LogP contribution in [0.25, 0.3) is 0 Å². The van der Waals surface area contributed by atoms with Gasteiger partial charge in [0.2, 0.25) is 10.0 Å². The average Bonchev–Trinajstić information content (AvgIpc) is 2.86. The fraction of sp³-hybridized carbons (Fsp3) is 0.571. The highest BCUT2D eigenvalue weighted by atomic mass is 32.2. The molecule has 0 aromatic heterocycles. The van der Waals surface area contributed by atoms with E-state index >= 15 is 0 Å². The Labute approximate surface area is 120 Å². The number of nitrogens with one attached hydrogen (secondary N) is 1. The Morgan fingerprint density at radius 3 is 2.65 bits per heavy atom. The minimum absolute atomic E-state index is 0.101. The van der Waals surface area contributed by atoms with Gasteiger partial charge in [-0.3, -0.25) is 0 Å². The molecule has 0 spiro atoms. The molecule has 5 nitrogen and oxygen atoms in total. The first-order valence-electron chi connectivity index (χ1n) is 6.93. The summed E-state index contributed by atoms with van der Waals surface area (Å²) in [7, 11) is -3.39. The van der Waals surface area contributed by atoms with Crippen LogP contribution in [-0.2, 0) is 15.8 Å². The third kappa shape index (κ3) is 3.94. The van der Waals surface area contributed by atoms with Crippen LogP contribution in [-0.4, -0.2) is 26.7 Å². The summed E-state index contributed by atoms with van der Waals surface area (Å²) >= 11 is 0. The van der Waals surface area contributed by atoms with Crippen LogP contribution < -0.4 is 10.5 Å². The third-order valence-corrected chi connectivity index (χ3v) is 5.31. The van der Waals surface area contributed by atoms with Gasteiger partial charge in [-0.1, -0.05) is 24.6 Å². The van der Waals surface area contributed by atoms with Crippen molar-refractivity contribution in [3.63, 3.8) is 0 Å². The predicted molar refractivity (Wildman–Crippen MR) is 79.4 cm³/mol. The summed E-state index contributed by atoms with van der Waals surface area (Å²) in [6, 6.07) is 6.98. The molecule has 6 heteroatoms. The number of hydrogen-bond acceptors (Lipinski definition) is 4. The fourth-order valence-corrected chi connectivity index (χ4v) is 4.02. The van der Waals surface area contributed by atoms with E-state index < -0.39 is 10.0 Å². The summed E-state index contributed by atoms with van der Waals surface area (Å²) in [4.78, 5) is 0. The van der Waals surface area contributed by atoms with Crippen LogP contribution in [0.2, 0.25) is 0 Å². The highest BCUT2D eigenvalue weighted by Crippen LogP contribution is 2.30. The number of anilines is 1. The normalized spacial score (nSPS) is 23.1. The van der Waals surface area contributed by atoms with Crippen molar-refractivity contribution in [3.8, 4) is 0 Å². The zero-order valence-electron chi connectivity index (χ0n) is 11.5. The van der Waals surface area contributed by atoms with Gasteiger partial charge in [0.1, 0.15) is 0 Å². The Kier molecular flexibility index (Phi) is 5.01. The van der Waals surface area contributed by atoms with Gasteiger partial charge in [0.05, 0.1) is 5.75 Å². The molecule has 20 heavy (non-hydrogen) atoms. The molecule has 2 rings (SSSR count). The molecule has 0 heterocycles. The molecule has 1 aliphatic rings. The molecule has 112 valence electrons. The fourth-order valence-electron chi connectivity index (χ4n) is 2.78. The molecule has 4 N–H and O–H groups in total. The van der Waals surface area contributed by atoms with E-state index in [-0.39, 0.29) is 24.2 Å². The highest BCUT2D eigenvalue weighted by molar-refractivity contribution is 7.88. The third-order valence-electron chi connectivity index (χ3n) is 4.02. The van der Waals surface area contributed by atoms with Crippen LogP contribution >= 0.6 is 0 Å². The van der Waals surface area contributed by atoms with Gasteiger partial charge >= 0.3 is 0 Å². The molecule has 1 aromatic rings. The average molecular weight is 298 g/mol. The van der Waals surface area contributed by atoms with Crippen LogP contribution in [0.4, 0.5) is 5.69 Å². The first kappa shape index (κ1) is 15.3. The lowest BCUT2D eigenvalue weighted by molar-refractivity contribution is 0.195. The van der Waals surface area contributed by atoms with Gasteiger partial charge in [-0.15, -0.1) is 0 Å². The second kappa shape index (κ2) is 6.56. The van der Waals surface area contributed by atoms with Crippen molar-refractivity contribution in [2.24, 2.45) is 11.8 Å². The Balaban J connectivity index is 1.93. The van der Waals surface area contributed by atoms with Crippen molar-refractivity contribution in [3.05, 3.63) is 29.8 Å². The van der Waals surface area contributed by atoms with Gasteiger partial charge in [-0.25, -0.2) is 13.1 Å². The number of nitrogens with two attached hydrogens (primary N) is 1. The minimum Gasteiger partial charge on any atom is -0.398 e. The number of aliphatic hydroxyl groups excluding tert-OH is 1. The lowest BCUT2D eigenvalue weighted by Crippen LogP contribution is -2.32. The second-order valence-corrected chi connectivity index (χ2v) is 7.25. The summed E-state index contributed by atoms with van der Waals surface area (Å²) in [5.74, 6) is 0.360. The number of nitrogen functional groups attached to an aromatic ring is 1. The van der Waals surface area contributed by atoms with Crippen molar-refractivity contribution >= 4 is 15.7 Å². The number of aliphatic hydroxyl groups is 1. The van der Waals surface area contributed by atoms with E-state index in [2.05, 4.69) is 4.72 Å². The smallest absolute Gasteiger partial charge is 0.215 e. The Morgan fingerprint density at radius 2 is 1.95 bits per heavy atom. The number of rotatable bonds is 6. The van der Waals surface area contributed by atoms with Gasteiger partial charge in [-0.05, 0) is 36.3 Å². The van der Waals surface area contributed by atoms with E-state index in [1.54, 1.807) is 24.3 Å². The topological polar surface area (TPSA) is 92.4 Å². The van der Waals surface area contributed by atoms with Gasteiger partial charge in [-0.2, -0.15) is 0 Å². The highest BCUT2D eigenvalue weighted by Gasteiger charge is 2.27. The standard InChI is InChI=1S/C14H22N2O3S/c15-14-7-2-1-4-13(14)10-20(18,19)16-8-11-5-3-6-12(11)9-17/h1-2,4,7,11-12,16-17H,3,5-6,8-10,15H2. The van der Waals surface area contributed by atoms with E-state index in [1.165, 1.54) is 0 Å². The zero-order valence-corrected chi connectivity index (χ0v) is 12.3. The van der Waals surface area contributed by atoms with E-state index in [1.807, 2.05) is 0 Å². The van der Waals surface area contributed by atoms with Crippen LogP contribution in [0.3, 0.4) is 0 Å².